The Morgan fingerprint density at radius 1 is 1.42 bits per heavy atom. The van der Waals surface area contributed by atoms with Gasteiger partial charge < -0.3 is 10.2 Å². The minimum Gasteiger partial charge on any atom is -0.391 e. The lowest BCUT2D eigenvalue weighted by atomic mass is 10.1. The van der Waals surface area contributed by atoms with Crippen molar-refractivity contribution in [2.24, 2.45) is 0 Å². The lowest BCUT2D eigenvalue weighted by molar-refractivity contribution is 0.292. The molecule has 2 nitrogen and oxygen atoms in total. The highest BCUT2D eigenvalue weighted by atomic mass is 15.1. The molecule has 0 aliphatic carbocycles. The van der Waals surface area contributed by atoms with E-state index in [2.05, 4.69) is 37.8 Å². The zero-order valence-electron chi connectivity index (χ0n) is 8.64. The molecule has 1 atom stereocenters. The van der Waals surface area contributed by atoms with E-state index in [0.29, 0.717) is 6.04 Å². The Morgan fingerprint density at radius 3 is 2.58 bits per heavy atom. The van der Waals surface area contributed by atoms with Crippen LogP contribution in [0.25, 0.3) is 0 Å². The average molecular weight is 170 g/mol. The van der Waals surface area contributed by atoms with Crippen LogP contribution in [0.1, 0.15) is 26.2 Å². The van der Waals surface area contributed by atoms with Crippen molar-refractivity contribution in [3.8, 4) is 0 Å². The summed E-state index contributed by atoms with van der Waals surface area (Å²) in [6, 6.07) is 0.703. The predicted molar refractivity (Wildman–Crippen MR) is 55.2 cm³/mol. The molecule has 0 aromatic rings. The number of nitrogens with zero attached hydrogens (tertiary/aromatic N) is 1. The van der Waals surface area contributed by atoms with Crippen LogP contribution in [0.2, 0.25) is 0 Å². The van der Waals surface area contributed by atoms with Crippen molar-refractivity contribution in [1.29, 1.82) is 0 Å². The Hall–Kier alpha value is -0.500. The van der Waals surface area contributed by atoms with Crippen molar-refractivity contribution in [3.05, 3.63) is 12.8 Å². The maximum Gasteiger partial charge on any atom is 0.0141 e. The van der Waals surface area contributed by atoms with Gasteiger partial charge in [0.05, 0.1) is 0 Å². The molecule has 0 aliphatic heterocycles. The molecule has 0 saturated heterocycles. The van der Waals surface area contributed by atoms with Crippen LogP contribution in [0.3, 0.4) is 0 Å². The third kappa shape index (κ3) is 6.23. The van der Waals surface area contributed by atoms with Gasteiger partial charge in [0.1, 0.15) is 0 Å². The van der Waals surface area contributed by atoms with Gasteiger partial charge in [0.15, 0.2) is 0 Å². The molecule has 0 saturated carbocycles. The molecule has 2 heteroatoms. The monoisotopic (exact) mass is 170 g/mol. The van der Waals surface area contributed by atoms with E-state index in [-0.39, 0.29) is 0 Å². The summed E-state index contributed by atoms with van der Waals surface area (Å²) in [6.07, 6.45) is 5.57. The summed E-state index contributed by atoms with van der Waals surface area (Å²) in [5.41, 5.74) is 0. The maximum atomic E-state index is 3.60. The summed E-state index contributed by atoms with van der Waals surface area (Å²) in [5, 5.41) is 3.10. The Kier molecular flexibility index (Phi) is 6.87. The molecule has 0 aromatic heterocycles. The van der Waals surface area contributed by atoms with Gasteiger partial charge in [0, 0.05) is 12.6 Å². The Labute approximate surface area is 76.6 Å². The number of unbranched alkanes of at least 4 members (excludes halogenated alkanes) is 1. The highest BCUT2D eigenvalue weighted by Crippen LogP contribution is 2.03. The second-order valence-electron chi connectivity index (χ2n) is 3.47. The molecule has 1 unspecified atom stereocenters. The smallest absolute Gasteiger partial charge is 0.0141 e. The predicted octanol–water partition coefficient (Wildman–Crippen LogP) is 1.84. The Balaban J connectivity index is 3.13. The Morgan fingerprint density at radius 2 is 2.08 bits per heavy atom. The van der Waals surface area contributed by atoms with Crippen molar-refractivity contribution < 1.29 is 0 Å². The summed E-state index contributed by atoms with van der Waals surface area (Å²) in [5.74, 6) is 0. The van der Waals surface area contributed by atoms with Crippen molar-refractivity contribution in [3.63, 3.8) is 0 Å². The first-order chi connectivity index (χ1) is 5.68. The first-order valence-corrected chi connectivity index (χ1v) is 4.69. The first kappa shape index (κ1) is 11.5. The summed E-state index contributed by atoms with van der Waals surface area (Å²) in [6.45, 7) is 6.93. The van der Waals surface area contributed by atoms with E-state index in [4.69, 9.17) is 0 Å². The van der Waals surface area contributed by atoms with Gasteiger partial charge in [-0.05, 0) is 40.1 Å². The van der Waals surface area contributed by atoms with Gasteiger partial charge in [0.25, 0.3) is 0 Å². The molecule has 0 heterocycles. The lowest BCUT2D eigenvalue weighted by Gasteiger charge is -2.19. The fourth-order valence-electron chi connectivity index (χ4n) is 1.03. The standard InChI is InChI=1S/C10H22N2/c1-5-11-9-7-6-8-10(2)12(3)4/h5,10-11H,1,6-9H2,2-4H3. The van der Waals surface area contributed by atoms with Gasteiger partial charge in [-0.2, -0.15) is 0 Å². The van der Waals surface area contributed by atoms with Crippen LogP contribution in [-0.4, -0.2) is 31.6 Å². The molecule has 0 aromatic carbocycles. The molecule has 0 fully saturated rings. The van der Waals surface area contributed by atoms with Crippen LogP contribution in [0.15, 0.2) is 12.8 Å². The van der Waals surface area contributed by atoms with E-state index in [9.17, 15) is 0 Å². The van der Waals surface area contributed by atoms with E-state index < -0.39 is 0 Å². The van der Waals surface area contributed by atoms with Gasteiger partial charge in [-0.25, -0.2) is 0 Å². The zero-order valence-corrected chi connectivity index (χ0v) is 8.64. The summed E-state index contributed by atoms with van der Waals surface area (Å²) >= 11 is 0. The van der Waals surface area contributed by atoms with Gasteiger partial charge in [-0.1, -0.05) is 13.0 Å². The van der Waals surface area contributed by atoms with Crippen molar-refractivity contribution in [2.45, 2.75) is 32.2 Å². The molecule has 0 aliphatic rings. The van der Waals surface area contributed by atoms with E-state index in [1.807, 2.05) is 0 Å². The quantitative estimate of drug-likeness (QED) is 0.586. The minimum absolute atomic E-state index is 0.703. The molecule has 0 rings (SSSR count). The summed E-state index contributed by atoms with van der Waals surface area (Å²) < 4.78 is 0. The van der Waals surface area contributed by atoms with Crippen LogP contribution in [0.5, 0.6) is 0 Å². The average Bonchev–Trinajstić information content (AvgIpc) is 2.03. The van der Waals surface area contributed by atoms with E-state index in [1.54, 1.807) is 6.20 Å². The van der Waals surface area contributed by atoms with Gasteiger partial charge in [0.2, 0.25) is 0 Å². The molecule has 72 valence electrons. The maximum absolute atomic E-state index is 3.60. The Bertz CT molecular complexity index is 110. The lowest BCUT2D eigenvalue weighted by Crippen LogP contribution is -2.24. The second-order valence-corrected chi connectivity index (χ2v) is 3.47. The van der Waals surface area contributed by atoms with Crippen LogP contribution in [0.4, 0.5) is 0 Å². The normalized spacial score (nSPS) is 13.0. The van der Waals surface area contributed by atoms with Crippen LogP contribution in [0, 0.1) is 0 Å². The largest absolute Gasteiger partial charge is 0.391 e. The molecule has 0 radical (unpaired) electrons. The second kappa shape index (κ2) is 7.17. The van der Waals surface area contributed by atoms with E-state index in [1.165, 1.54) is 19.3 Å². The number of hydrogen-bond acceptors (Lipinski definition) is 2. The van der Waals surface area contributed by atoms with Crippen molar-refractivity contribution in [2.75, 3.05) is 20.6 Å². The fourth-order valence-corrected chi connectivity index (χ4v) is 1.03. The van der Waals surface area contributed by atoms with Gasteiger partial charge in [-0.15, -0.1) is 0 Å². The van der Waals surface area contributed by atoms with E-state index >= 15 is 0 Å². The van der Waals surface area contributed by atoms with Gasteiger partial charge >= 0.3 is 0 Å². The van der Waals surface area contributed by atoms with Crippen molar-refractivity contribution in [1.82, 2.24) is 10.2 Å². The highest BCUT2D eigenvalue weighted by molar-refractivity contribution is 4.64. The summed E-state index contributed by atoms with van der Waals surface area (Å²) in [4.78, 5) is 2.26. The zero-order chi connectivity index (χ0) is 9.40. The van der Waals surface area contributed by atoms with Crippen LogP contribution < -0.4 is 5.32 Å². The minimum atomic E-state index is 0.703. The highest BCUT2D eigenvalue weighted by Gasteiger charge is 2.02. The van der Waals surface area contributed by atoms with E-state index in [0.717, 1.165) is 6.54 Å². The van der Waals surface area contributed by atoms with Gasteiger partial charge in [-0.3, -0.25) is 0 Å². The van der Waals surface area contributed by atoms with Crippen LogP contribution >= 0.6 is 0 Å². The molecule has 0 amide bonds. The topological polar surface area (TPSA) is 15.3 Å². The summed E-state index contributed by atoms with van der Waals surface area (Å²) in [7, 11) is 4.26. The molecule has 1 N–H and O–H groups in total. The third-order valence-electron chi connectivity index (χ3n) is 2.22. The van der Waals surface area contributed by atoms with Crippen molar-refractivity contribution >= 4 is 0 Å². The third-order valence-corrected chi connectivity index (χ3v) is 2.22. The van der Waals surface area contributed by atoms with Crippen LogP contribution in [-0.2, 0) is 0 Å². The first-order valence-electron chi connectivity index (χ1n) is 4.69. The number of hydrogen-bond donors (Lipinski definition) is 1. The molecule has 0 bridgehead atoms. The molecular formula is C10H22N2. The molecular weight excluding hydrogens is 148 g/mol. The molecule has 0 spiro atoms. The fraction of sp³-hybridized carbons (Fsp3) is 0.800. The SMILES string of the molecule is C=CNCCCCC(C)N(C)C. The number of nitrogens with one attached hydrogen (secondary N) is 1. The molecule has 12 heavy (non-hydrogen) atoms. The number of rotatable bonds is 7.